The van der Waals surface area contributed by atoms with Crippen molar-refractivity contribution in [1.29, 1.82) is 0 Å². The predicted molar refractivity (Wildman–Crippen MR) is 68.1 cm³/mol. The van der Waals surface area contributed by atoms with Crippen LogP contribution in [-0.2, 0) is 5.41 Å². The van der Waals surface area contributed by atoms with Crippen molar-refractivity contribution in [3.63, 3.8) is 0 Å². The van der Waals surface area contributed by atoms with Gasteiger partial charge in [0.05, 0.1) is 0 Å². The molecule has 0 saturated carbocycles. The van der Waals surface area contributed by atoms with E-state index in [0.29, 0.717) is 0 Å². The van der Waals surface area contributed by atoms with Crippen LogP contribution in [-0.4, -0.2) is 0 Å². The van der Waals surface area contributed by atoms with E-state index >= 15 is 0 Å². The average molecular weight is 240 g/mol. The van der Waals surface area contributed by atoms with Gasteiger partial charge in [0.2, 0.25) is 0 Å². The molecule has 17 heavy (non-hydrogen) atoms. The van der Waals surface area contributed by atoms with Gasteiger partial charge in [0, 0.05) is 0 Å². The van der Waals surface area contributed by atoms with Crippen LogP contribution in [0.25, 0.3) is 0 Å². The Morgan fingerprint density at radius 1 is 1.00 bits per heavy atom. The lowest BCUT2D eigenvalue weighted by Gasteiger charge is -2.25. The van der Waals surface area contributed by atoms with Crippen molar-refractivity contribution in [3.05, 3.63) is 35.4 Å². The maximum atomic E-state index is 13.2. The van der Waals surface area contributed by atoms with Gasteiger partial charge in [0.25, 0.3) is 0 Å². The molecule has 1 aromatic carbocycles. The maximum Gasteiger partial charge on any atom is 0.159 e. The molecule has 0 aromatic heterocycles. The number of unbranched alkanes of at least 4 members (excludes halogenated alkanes) is 3. The molecule has 1 aromatic rings. The first kappa shape index (κ1) is 14.1. The quantitative estimate of drug-likeness (QED) is 0.598. The number of hydrogen-bond donors (Lipinski definition) is 0. The monoisotopic (exact) mass is 240 g/mol. The fourth-order valence-corrected chi connectivity index (χ4v) is 2.06. The van der Waals surface area contributed by atoms with Gasteiger partial charge in [-0.2, -0.15) is 0 Å². The van der Waals surface area contributed by atoms with Crippen LogP contribution in [0.3, 0.4) is 0 Å². The van der Waals surface area contributed by atoms with Crippen LogP contribution in [0.2, 0.25) is 0 Å². The molecule has 0 fully saturated rings. The zero-order chi connectivity index (χ0) is 12.9. The van der Waals surface area contributed by atoms with Crippen molar-refractivity contribution in [2.75, 3.05) is 0 Å². The first-order chi connectivity index (χ1) is 7.97. The van der Waals surface area contributed by atoms with Crippen LogP contribution in [0, 0.1) is 11.6 Å². The number of benzene rings is 1. The van der Waals surface area contributed by atoms with Crippen LogP contribution < -0.4 is 0 Å². The van der Waals surface area contributed by atoms with Gasteiger partial charge in [-0.1, -0.05) is 52.5 Å². The number of rotatable bonds is 6. The molecule has 0 atom stereocenters. The first-order valence-corrected chi connectivity index (χ1v) is 6.43. The van der Waals surface area contributed by atoms with E-state index in [9.17, 15) is 8.78 Å². The Bertz CT molecular complexity index is 356. The summed E-state index contributed by atoms with van der Waals surface area (Å²) in [5, 5.41) is 0. The van der Waals surface area contributed by atoms with E-state index in [0.717, 1.165) is 18.4 Å². The molecule has 0 aliphatic rings. The molecule has 0 unspecified atom stereocenters. The summed E-state index contributed by atoms with van der Waals surface area (Å²) in [6.07, 6.45) is 5.82. The molecule has 0 aliphatic carbocycles. The lowest BCUT2D eigenvalue weighted by Crippen LogP contribution is -2.17. The van der Waals surface area contributed by atoms with Gasteiger partial charge < -0.3 is 0 Å². The second kappa shape index (κ2) is 6.13. The summed E-state index contributed by atoms with van der Waals surface area (Å²) < 4.78 is 26.0. The lowest BCUT2D eigenvalue weighted by molar-refractivity contribution is 0.438. The largest absolute Gasteiger partial charge is 0.204 e. The molecule has 0 aliphatic heterocycles. The van der Waals surface area contributed by atoms with Gasteiger partial charge in [-0.25, -0.2) is 8.78 Å². The Labute approximate surface area is 103 Å². The van der Waals surface area contributed by atoms with Crippen molar-refractivity contribution in [3.8, 4) is 0 Å². The molecule has 0 N–H and O–H groups in total. The van der Waals surface area contributed by atoms with Crippen molar-refractivity contribution in [2.24, 2.45) is 0 Å². The van der Waals surface area contributed by atoms with Gasteiger partial charge in [-0.05, 0) is 29.5 Å². The minimum Gasteiger partial charge on any atom is -0.204 e. The summed E-state index contributed by atoms with van der Waals surface area (Å²) in [6.45, 7) is 6.36. The van der Waals surface area contributed by atoms with E-state index in [1.165, 1.54) is 31.4 Å². The molecule has 0 amide bonds. The summed E-state index contributed by atoms with van der Waals surface area (Å²) in [5.74, 6) is -1.51. The molecule has 0 saturated heterocycles. The second-order valence-electron chi connectivity index (χ2n) is 5.32. The number of halogens is 2. The van der Waals surface area contributed by atoms with Gasteiger partial charge in [-0.3, -0.25) is 0 Å². The molecular formula is C15H22F2. The van der Waals surface area contributed by atoms with Crippen molar-refractivity contribution in [1.82, 2.24) is 0 Å². The molecule has 2 heteroatoms. The molecule has 0 heterocycles. The highest BCUT2D eigenvalue weighted by atomic mass is 19.2. The topological polar surface area (TPSA) is 0 Å². The standard InChI is InChI=1S/C15H22F2/c1-4-5-6-7-10-15(2,3)12-8-9-13(16)14(17)11-12/h8-9,11H,4-7,10H2,1-3H3. The minimum absolute atomic E-state index is 0.0811. The minimum atomic E-state index is -0.768. The van der Waals surface area contributed by atoms with E-state index in [1.54, 1.807) is 6.07 Å². The molecule has 0 spiro atoms. The Morgan fingerprint density at radius 2 is 1.71 bits per heavy atom. The molecule has 1 rings (SSSR count). The average Bonchev–Trinajstić information content (AvgIpc) is 2.28. The van der Waals surface area contributed by atoms with Crippen molar-refractivity contribution < 1.29 is 8.78 Å². The first-order valence-electron chi connectivity index (χ1n) is 6.43. The second-order valence-corrected chi connectivity index (χ2v) is 5.32. The molecule has 96 valence electrons. The van der Waals surface area contributed by atoms with Crippen LogP contribution in [0.15, 0.2) is 18.2 Å². The summed E-state index contributed by atoms with van der Waals surface area (Å²) in [4.78, 5) is 0. The van der Waals surface area contributed by atoms with Crippen LogP contribution >= 0.6 is 0 Å². The highest BCUT2D eigenvalue weighted by molar-refractivity contribution is 5.25. The highest BCUT2D eigenvalue weighted by Crippen LogP contribution is 2.30. The highest BCUT2D eigenvalue weighted by Gasteiger charge is 2.21. The molecule has 0 radical (unpaired) electrons. The summed E-state index contributed by atoms with van der Waals surface area (Å²) in [6, 6.07) is 4.24. The summed E-state index contributed by atoms with van der Waals surface area (Å²) in [5.41, 5.74) is 0.801. The van der Waals surface area contributed by atoms with E-state index in [4.69, 9.17) is 0 Å². The van der Waals surface area contributed by atoms with Crippen molar-refractivity contribution >= 4 is 0 Å². The van der Waals surface area contributed by atoms with E-state index in [-0.39, 0.29) is 5.41 Å². The van der Waals surface area contributed by atoms with Crippen LogP contribution in [0.1, 0.15) is 58.4 Å². The predicted octanol–water partition coefficient (Wildman–Crippen LogP) is 5.21. The van der Waals surface area contributed by atoms with Gasteiger partial charge >= 0.3 is 0 Å². The fourth-order valence-electron chi connectivity index (χ4n) is 2.06. The van der Waals surface area contributed by atoms with Crippen molar-refractivity contribution in [2.45, 2.75) is 58.3 Å². The van der Waals surface area contributed by atoms with E-state index in [1.807, 2.05) is 0 Å². The summed E-state index contributed by atoms with van der Waals surface area (Å²) in [7, 11) is 0. The SMILES string of the molecule is CCCCCCC(C)(C)c1ccc(F)c(F)c1. The number of hydrogen-bond acceptors (Lipinski definition) is 0. The summed E-state index contributed by atoms with van der Waals surface area (Å²) >= 11 is 0. The zero-order valence-corrected chi connectivity index (χ0v) is 11.0. The van der Waals surface area contributed by atoms with E-state index < -0.39 is 11.6 Å². The Hall–Kier alpha value is -0.920. The molecule has 0 nitrogen and oxygen atoms in total. The van der Waals surface area contributed by atoms with E-state index in [2.05, 4.69) is 20.8 Å². The Balaban J connectivity index is 2.64. The van der Waals surface area contributed by atoms with Gasteiger partial charge in [0.15, 0.2) is 11.6 Å². The third kappa shape index (κ3) is 4.10. The molecule has 0 bridgehead atoms. The van der Waals surface area contributed by atoms with Gasteiger partial charge in [0.1, 0.15) is 0 Å². The lowest BCUT2D eigenvalue weighted by atomic mass is 9.80. The fraction of sp³-hybridized carbons (Fsp3) is 0.600. The molecular weight excluding hydrogens is 218 g/mol. The third-order valence-electron chi connectivity index (χ3n) is 3.36. The maximum absolute atomic E-state index is 13.2. The Morgan fingerprint density at radius 3 is 2.29 bits per heavy atom. The smallest absolute Gasteiger partial charge is 0.159 e. The Kier molecular flexibility index (Phi) is 5.10. The van der Waals surface area contributed by atoms with Gasteiger partial charge in [-0.15, -0.1) is 0 Å². The van der Waals surface area contributed by atoms with Crippen LogP contribution in [0.5, 0.6) is 0 Å². The van der Waals surface area contributed by atoms with Crippen LogP contribution in [0.4, 0.5) is 8.78 Å². The zero-order valence-electron chi connectivity index (χ0n) is 11.0. The third-order valence-corrected chi connectivity index (χ3v) is 3.36. The normalized spacial score (nSPS) is 11.8.